The standard InChI is InChI=1S/C18H19NOS/c1-3-13-19(14-15-7-5-4-6-8-15)18(20)16-9-11-17(21-2)12-10-16/h3-12H,1,13-14H2,2H3. The summed E-state index contributed by atoms with van der Waals surface area (Å²) in [6.07, 6.45) is 3.79. The van der Waals surface area contributed by atoms with Crippen LogP contribution in [-0.4, -0.2) is 23.6 Å². The van der Waals surface area contributed by atoms with Crippen LogP contribution in [0.1, 0.15) is 15.9 Å². The van der Waals surface area contributed by atoms with Crippen LogP contribution in [0.2, 0.25) is 0 Å². The zero-order valence-electron chi connectivity index (χ0n) is 12.2. The third-order valence-electron chi connectivity index (χ3n) is 3.19. The SMILES string of the molecule is C=CCN(Cc1ccccc1)C(=O)c1ccc(SC)cc1. The van der Waals surface area contributed by atoms with Crippen molar-refractivity contribution in [2.75, 3.05) is 12.8 Å². The smallest absolute Gasteiger partial charge is 0.254 e. The van der Waals surface area contributed by atoms with Gasteiger partial charge in [-0.2, -0.15) is 0 Å². The Balaban J connectivity index is 2.16. The van der Waals surface area contributed by atoms with Gasteiger partial charge in [-0.25, -0.2) is 0 Å². The molecule has 0 saturated carbocycles. The second-order valence-corrected chi connectivity index (χ2v) is 5.57. The first kappa shape index (κ1) is 15.4. The van der Waals surface area contributed by atoms with Crippen molar-refractivity contribution in [3.63, 3.8) is 0 Å². The maximum atomic E-state index is 12.6. The van der Waals surface area contributed by atoms with E-state index in [4.69, 9.17) is 0 Å². The van der Waals surface area contributed by atoms with E-state index < -0.39 is 0 Å². The topological polar surface area (TPSA) is 20.3 Å². The molecule has 0 atom stereocenters. The Bertz CT molecular complexity index is 592. The summed E-state index contributed by atoms with van der Waals surface area (Å²) in [5.41, 5.74) is 1.83. The highest BCUT2D eigenvalue weighted by Crippen LogP contribution is 2.17. The molecule has 2 rings (SSSR count). The minimum absolute atomic E-state index is 0.0337. The monoisotopic (exact) mass is 297 g/mol. The molecule has 0 aromatic heterocycles. The van der Waals surface area contributed by atoms with Gasteiger partial charge in [0.1, 0.15) is 0 Å². The molecule has 0 aliphatic heterocycles. The fraction of sp³-hybridized carbons (Fsp3) is 0.167. The summed E-state index contributed by atoms with van der Waals surface area (Å²) in [5, 5.41) is 0. The summed E-state index contributed by atoms with van der Waals surface area (Å²) in [4.78, 5) is 15.6. The zero-order chi connectivity index (χ0) is 15.1. The lowest BCUT2D eigenvalue weighted by Crippen LogP contribution is -2.30. The van der Waals surface area contributed by atoms with Crippen LogP contribution in [0.4, 0.5) is 0 Å². The van der Waals surface area contributed by atoms with Crippen LogP contribution >= 0.6 is 11.8 Å². The van der Waals surface area contributed by atoms with Gasteiger partial charge < -0.3 is 4.90 Å². The average Bonchev–Trinajstić information content (AvgIpc) is 2.55. The fourth-order valence-electron chi connectivity index (χ4n) is 2.10. The molecule has 1 amide bonds. The molecular weight excluding hydrogens is 278 g/mol. The Morgan fingerprint density at radius 3 is 2.38 bits per heavy atom. The first-order valence-electron chi connectivity index (χ1n) is 6.82. The van der Waals surface area contributed by atoms with E-state index in [1.165, 1.54) is 0 Å². The van der Waals surface area contributed by atoms with Crippen LogP contribution in [0.3, 0.4) is 0 Å². The molecule has 0 saturated heterocycles. The average molecular weight is 297 g/mol. The molecule has 0 radical (unpaired) electrons. The van der Waals surface area contributed by atoms with E-state index in [0.717, 1.165) is 10.5 Å². The normalized spacial score (nSPS) is 10.1. The van der Waals surface area contributed by atoms with Crippen molar-refractivity contribution < 1.29 is 4.79 Å². The van der Waals surface area contributed by atoms with E-state index in [-0.39, 0.29) is 5.91 Å². The quantitative estimate of drug-likeness (QED) is 0.587. The number of thioether (sulfide) groups is 1. The number of amides is 1. The maximum Gasteiger partial charge on any atom is 0.254 e. The Morgan fingerprint density at radius 2 is 1.81 bits per heavy atom. The Kier molecular flexibility index (Phi) is 5.64. The molecule has 2 nitrogen and oxygen atoms in total. The zero-order valence-corrected chi connectivity index (χ0v) is 13.0. The van der Waals surface area contributed by atoms with E-state index in [0.29, 0.717) is 18.7 Å². The summed E-state index contributed by atoms with van der Waals surface area (Å²) < 4.78 is 0. The summed E-state index contributed by atoms with van der Waals surface area (Å²) in [6.45, 7) is 4.88. The van der Waals surface area contributed by atoms with Crippen molar-refractivity contribution in [3.8, 4) is 0 Å². The molecule has 108 valence electrons. The van der Waals surface area contributed by atoms with Crippen LogP contribution < -0.4 is 0 Å². The lowest BCUT2D eigenvalue weighted by Gasteiger charge is -2.21. The second-order valence-electron chi connectivity index (χ2n) is 4.69. The van der Waals surface area contributed by atoms with E-state index >= 15 is 0 Å². The van der Waals surface area contributed by atoms with Gasteiger partial charge in [-0.3, -0.25) is 4.79 Å². The predicted octanol–water partition coefficient (Wildman–Crippen LogP) is 4.24. The Labute approximate surface area is 130 Å². The van der Waals surface area contributed by atoms with Crippen molar-refractivity contribution >= 4 is 17.7 Å². The van der Waals surface area contributed by atoms with Crippen molar-refractivity contribution in [1.82, 2.24) is 4.90 Å². The lowest BCUT2D eigenvalue weighted by atomic mass is 10.1. The van der Waals surface area contributed by atoms with E-state index in [2.05, 4.69) is 6.58 Å². The van der Waals surface area contributed by atoms with Crippen LogP contribution in [0.25, 0.3) is 0 Å². The molecule has 0 aliphatic carbocycles. The van der Waals surface area contributed by atoms with Crippen molar-refractivity contribution in [2.45, 2.75) is 11.4 Å². The molecule has 0 fully saturated rings. The highest BCUT2D eigenvalue weighted by molar-refractivity contribution is 7.98. The summed E-state index contributed by atoms with van der Waals surface area (Å²) in [6, 6.07) is 17.7. The molecule has 2 aromatic carbocycles. The maximum absolute atomic E-state index is 12.6. The molecule has 0 N–H and O–H groups in total. The number of nitrogens with zero attached hydrogens (tertiary/aromatic N) is 1. The highest BCUT2D eigenvalue weighted by atomic mass is 32.2. The summed E-state index contributed by atoms with van der Waals surface area (Å²) >= 11 is 1.67. The van der Waals surface area contributed by atoms with Crippen LogP contribution in [0.5, 0.6) is 0 Å². The lowest BCUT2D eigenvalue weighted by molar-refractivity contribution is 0.0762. The second kappa shape index (κ2) is 7.70. The third-order valence-corrected chi connectivity index (χ3v) is 3.93. The van der Waals surface area contributed by atoms with Gasteiger partial charge in [0.2, 0.25) is 0 Å². The first-order valence-corrected chi connectivity index (χ1v) is 8.05. The van der Waals surface area contributed by atoms with E-state index in [9.17, 15) is 4.79 Å². The van der Waals surface area contributed by atoms with Crippen LogP contribution in [0.15, 0.2) is 72.1 Å². The van der Waals surface area contributed by atoms with Gasteiger partial charge >= 0.3 is 0 Å². The van der Waals surface area contributed by atoms with Gasteiger partial charge in [0.25, 0.3) is 5.91 Å². The number of hydrogen-bond donors (Lipinski definition) is 0. The molecule has 0 unspecified atom stereocenters. The fourth-order valence-corrected chi connectivity index (χ4v) is 2.50. The van der Waals surface area contributed by atoms with E-state index in [1.807, 2.05) is 60.9 Å². The molecule has 2 aromatic rings. The molecule has 0 aliphatic rings. The molecular formula is C18H19NOS. The molecule has 3 heteroatoms. The third kappa shape index (κ3) is 4.23. The minimum Gasteiger partial charge on any atom is -0.331 e. The van der Waals surface area contributed by atoms with Gasteiger partial charge in [-0.15, -0.1) is 18.3 Å². The molecule has 0 spiro atoms. The first-order chi connectivity index (χ1) is 10.2. The van der Waals surface area contributed by atoms with Gasteiger partial charge in [-0.05, 0) is 36.1 Å². The largest absolute Gasteiger partial charge is 0.331 e. The Morgan fingerprint density at radius 1 is 1.14 bits per heavy atom. The van der Waals surface area contributed by atoms with E-state index in [1.54, 1.807) is 22.7 Å². The summed E-state index contributed by atoms with van der Waals surface area (Å²) in [5.74, 6) is 0.0337. The van der Waals surface area contributed by atoms with Crippen molar-refractivity contribution in [2.24, 2.45) is 0 Å². The predicted molar refractivity (Wildman–Crippen MR) is 89.6 cm³/mol. The van der Waals surface area contributed by atoms with Gasteiger partial charge in [0.15, 0.2) is 0 Å². The molecule has 0 bridgehead atoms. The van der Waals surface area contributed by atoms with Gasteiger partial charge in [-0.1, -0.05) is 36.4 Å². The number of benzene rings is 2. The molecule has 21 heavy (non-hydrogen) atoms. The van der Waals surface area contributed by atoms with Crippen LogP contribution in [-0.2, 0) is 6.54 Å². The number of carbonyl (C=O) groups is 1. The van der Waals surface area contributed by atoms with Gasteiger partial charge in [0, 0.05) is 23.5 Å². The molecule has 0 heterocycles. The van der Waals surface area contributed by atoms with Crippen molar-refractivity contribution in [3.05, 3.63) is 78.4 Å². The minimum atomic E-state index is 0.0337. The van der Waals surface area contributed by atoms with Crippen LogP contribution in [0, 0.1) is 0 Å². The number of hydrogen-bond acceptors (Lipinski definition) is 2. The number of rotatable bonds is 6. The van der Waals surface area contributed by atoms with Gasteiger partial charge in [0.05, 0.1) is 0 Å². The summed E-state index contributed by atoms with van der Waals surface area (Å²) in [7, 11) is 0. The number of carbonyl (C=O) groups excluding carboxylic acids is 1. The highest BCUT2D eigenvalue weighted by Gasteiger charge is 2.14. The van der Waals surface area contributed by atoms with Crippen molar-refractivity contribution in [1.29, 1.82) is 0 Å². The Hall–Kier alpha value is -2.00.